The molecule has 2 aromatic heterocycles. The number of carbonyl (C=O) groups excluding carboxylic acids is 1. The molecular formula is C15H17N5O2. The molecule has 0 aromatic carbocycles. The van der Waals surface area contributed by atoms with Crippen LogP contribution in [0, 0.1) is 18.3 Å². The largest absolute Gasteiger partial charge is 0.369 e. The van der Waals surface area contributed by atoms with Gasteiger partial charge in [0.15, 0.2) is 5.69 Å². The lowest BCUT2D eigenvalue weighted by atomic mass is 10.2. The summed E-state index contributed by atoms with van der Waals surface area (Å²) in [7, 11) is 0. The number of hydrogen-bond acceptors (Lipinski definition) is 5. The molecule has 0 aliphatic heterocycles. The third kappa shape index (κ3) is 3.48. The summed E-state index contributed by atoms with van der Waals surface area (Å²) in [5.74, 6) is 0.147. The number of anilines is 1. The minimum atomic E-state index is -0.300. The van der Waals surface area contributed by atoms with Crippen molar-refractivity contribution in [3.05, 3.63) is 35.8 Å². The Kier molecular flexibility index (Phi) is 4.86. The Balaban J connectivity index is 2.32. The van der Waals surface area contributed by atoms with Crippen LogP contribution in [0.2, 0.25) is 0 Å². The number of hydrogen-bond donors (Lipinski definition) is 1. The smallest absolute Gasteiger partial charge is 0.251 e. The van der Waals surface area contributed by atoms with Gasteiger partial charge in [0, 0.05) is 11.8 Å². The standard InChI is InChI=1S/C15H17N5O2/c1-10(2)22-9-14(21)18-15-11(3)13(7-16)19-20(15)12-5-4-6-17-8-12/h4-6,8,10H,9H2,1-3H3,(H,18,21). The average molecular weight is 299 g/mol. The lowest BCUT2D eigenvalue weighted by molar-refractivity contribution is -0.122. The molecule has 22 heavy (non-hydrogen) atoms. The van der Waals surface area contributed by atoms with Crippen molar-refractivity contribution >= 4 is 11.7 Å². The zero-order chi connectivity index (χ0) is 16.1. The molecule has 7 nitrogen and oxygen atoms in total. The molecule has 0 aliphatic rings. The fourth-order valence-corrected chi connectivity index (χ4v) is 1.83. The van der Waals surface area contributed by atoms with Gasteiger partial charge in [-0.15, -0.1) is 0 Å². The maximum atomic E-state index is 12.0. The summed E-state index contributed by atoms with van der Waals surface area (Å²) in [6, 6.07) is 5.56. The molecule has 1 N–H and O–H groups in total. The van der Waals surface area contributed by atoms with Crippen LogP contribution in [0.5, 0.6) is 0 Å². The quantitative estimate of drug-likeness (QED) is 0.909. The van der Waals surface area contributed by atoms with Crippen LogP contribution in [0.15, 0.2) is 24.5 Å². The van der Waals surface area contributed by atoms with Gasteiger partial charge < -0.3 is 10.1 Å². The average Bonchev–Trinajstić information content (AvgIpc) is 2.83. The van der Waals surface area contributed by atoms with Crippen molar-refractivity contribution in [3.8, 4) is 11.8 Å². The fraction of sp³-hybridized carbons (Fsp3) is 0.333. The van der Waals surface area contributed by atoms with Crippen LogP contribution in [0.1, 0.15) is 25.1 Å². The SMILES string of the molecule is Cc1c(C#N)nn(-c2cccnc2)c1NC(=O)COC(C)C. The highest BCUT2D eigenvalue weighted by Crippen LogP contribution is 2.22. The molecule has 0 spiro atoms. The van der Waals surface area contributed by atoms with Crippen molar-refractivity contribution in [2.75, 3.05) is 11.9 Å². The Morgan fingerprint density at radius 1 is 1.55 bits per heavy atom. The summed E-state index contributed by atoms with van der Waals surface area (Å²) < 4.78 is 6.77. The van der Waals surface area contributed by atoms with Gasteiger partial charge in [0.25, 0.3) is 5.91 Å². The Morgan fingerprint density at radius 3 is 2.91 bits per heavy atom. The van der Waals surface area contributed by atoms with Gasteiger partial charge in [-0.2, -0.15) is 10.4 Å². The summed E-state index contributed by atoms with van der Waals surface area (Å²) in [6.45, 7) is 5.38. The molecule has 0 atom stereocenters. The van der Waals surface area contributed by atoms with Crippen molar-refractivity contribution in [1.82, 2.24) is 14.8 Å². The predicted octanol–water partition coefficient (Wildman–Crippen LogP) is 1.81. The summed E-state index contributed by atoms with van der Waals surface area (Å²) >= 11 is 0. The predicted molar refractivity (Wildman–Crippen MR) is 80.5 cm³/mol. The van der Waals surface area contributed by atoms with Crippen LogP contribution >= 0.6 is 0 Å². The molecule has 0 saturated carbocycles. The second-order valence-electron chi connectivity index (χ2n) is 4.96. The number of nitrogens with zero attached hydrogens (tertiary/aromatic N) is 4. The first-order valence-corrected chi connectivity index (χ1v) is 6.84. The number of amides is 1. The van der Waals surface area contributed by atoms with Gasteiger partial charge in [0.1, 0.15) is 18.5 Å². The second kappa shape index (κ2) is 6.83. The van der Waals surface area contributed by atoms with Crippen LogP contribution in [0.4, 0.5) is 5.82 Å². The second-order valence-corrected chi connectivity index (χ2v) is 4.96. The Labute approximate surface area is 128 Å². The van der Waals surface area contributed by atoms with Crippen LogP contribution in [0.25, 0.3) is 5.69 Å². The summed E-state index contributed by atoms with van der Waals surface area (Å²) in [5.41, 5.74) is 1.51. The summed E-state index contributed by atoms with van der Waals surface area (Å²) in [4.78, 5) is 16.0. The van der Waals surface area contributed by atoms with E-state index in [1.54, 1.807) is 31.5 Å². The van der Waals surface area contributed by atoms with Gasteiger partial charge in [-0.05, 0) is 32.9 Å². The van der Waals surface area contributed by atoms with Crippen LogP contribution in [-0.4, -0.2) is 33.4 Å². The number of rotatable bonds is 5. The van der Waals surface area contributed by atoms with Crippen molar-refractivity contribution in [2.45, 2.75) is 26.9 Å². The van der Waals surface area contributed by atoms with Crippen LogP contribution in [0.3, 0.4) is 0 Å². The lowest BCUT2D eigenvalue weighted by Crippen LogP contribution is -2.22. The zero-order valence-corrected chi connectivity index (χ0v) is 12.7. The minimum absolute atomic E-state index is 0.0373. The van der Waals surface area contributed by atoms with Crippen molar-refractivity contribution in [1.29, 1.82) is 5.26 Å². The molecule has 0 unspecified atom stereocenters. The Hall–Kier alpha value is -2.72. The number of ether oxygens (including phenoxy) is 1. The number of nitrogens with one attached hydrogen (secondary N) is 1. The van der Waals surface area contributed by atoms with Gasteiger partial charge in [0.2, 0.25) is 0 Å². The van der Waals surface area contributed by atoms with E-state index < -0.39 is 0 Å². The van der Waals surface area contributed by atoms with Gasteiger partial charge in [-0.1, -0.05) is 0 Å². The van der Waals surface area contributed by atoms with E-state index in [-0.39, 0.29) is 24.3 Å². The number of nitriles is 1. The first kappa shape index (κ1) is 15.7. The number of aromatic nitrogens is 3. The normalized spacial score (nSPS) is 10.5. The summed E-state index contributed by atoms with van der Waals surface area (Å²) in [6.07, 6.45) is 3.21. The molecule has 2 rings (SSSR count). The number of carbonyl (C=O) groups is 1. The van der Waals surface area contributed by atoms with Crippen molar-refractivity contribution < 1.29 is 9.53 Å². The van der Waals surface area contributed by atoms with E-state index in [4.69, 9.17) is 10.00 Å². The van der Waals surface area contributed by atoms with Gasteiger partial charge >= 0.3 is 0 Å². The maximum absolute atomic E-state index is 12.0. The topological polar surface area (TPSA) is 92.8 Å². The molecule has 0 aliphatic carbocycles. The highest BCUT2D eigenvalue weighted by Gasteiger charge is 2.18. The summed E-state index contributed by atoms with van der Waals surface area (Å²) in [5, 5.41) is 16.1. The molecule has 2 heterocycles. The zero-order valence-electron chi connectivity index (χ0n) is 12.7. The van der Waals surface area contributed by atoms with Gasteiger partial charge in [0.05, 0.1) is 18.0 Å². The fourth-order valence-electron chi connectivity index (χ4n) is 1.83. The highest BCUT2D eigenvalue weighted by atomic mass is 16.5. The van der Waals surface area contributed by atoms with Gasteiger partial charge in [-0.3, -0.25) is 9.78 Å². The first-order chi connectivity index (χ1) is 10.5. The minimum Gasteiger partial charge on any atom is -0.369 e. The van der Waals surface area contributed by atoms with Crippen molar-refractivity contribution in [2.24, 2.45) is 0 Å². The first-order valence-electron chi connectivity index (χ1n) is 6.84. The van der Waals surface area contributed by atoms with Crippen LogP contribution in [-0.2, 0) is 9.53 Å². The molecule has 0 bridgehead atoms. The monoisotopic (exact) mass is 299 g/mol. The van der Waals surface area contributed by atoms with E-state index in [0.29, 0.717) is 17.1 Å². The van der Waals surface area contributed by atoms with Gasteiger partial charge in [-0.25, -0.2) is 4.68 Å². The van der Waals surface area contributed by atoms with E-state index in [1.165, 1.54) is 4.68 Å². The molecule has 114 valence electrons. The number of pyridine rings is 1. The molecule has 7 heteroatoms. The highest BCUT2D eigenvalue weighted by molar-refractivity contribution is 5.92. The molecule has 2 aromatic rings. The molecule has 0 radical (unpaired) electrons. The third-order valence-electron chi connectivity index (χ3n) is 2.92. The van der Waals surface area contributed by atoms with Crippen LogP contribution < -0.4 is 5.32 Å². The molecule has 0 saturated heterocycles. The van der Waals surface area contributed by atoms with Crippen molar-refractivity contribution in [3.63, 3.8) is 0 Å². The lowest BCUT2D eigenvalue weighted by Gasteiger charge is -2.11. The van der Waals surface area contributed by atoms with E-state index in [2.05, 4.69) is 15.4 Å². The van der Waals surface area contributed by atoms with E-state index in [9.17, 15) is 4.79 Å². The molecular weight excluding hydrogens is 282 g/mol. The Bertz CT molecular complexity index is 701. The third-order valence-corrected chi connectivity index (χ3v) is 2.92. The van der Waals surface area contributed by atoms with E-state index >= 15 is 0 Å². The Morgan fingerprint density at radius 2 is 2.32 bits per heavy atom. The van der Waals surface area contributed by atoms with E-state index in [1.807, 2.05) is 19.9 Å². The molecule has 1 amide bonds. The molecule has 0 fully saturated rings. The maximum Gasteiger partial charge on any atom is 0.251 e. The van der Waals surface area contributed by atoms with E-state index in [0.717, 1.165) is 0 Å².